The van der Waals surface area contributed by atoms with Crippen LogP contribution < -0.4 is 4.72 Å². The largest absolute Gasteiger partial charge is 0.475 e. The Morgan fingerprint density at radius 3 is 2.62 bits per heavy atom. The molecule has 0 aliphatic heterocycles. The van der Waals surface area contributed by atoms with Crippen LogP contribution in [0.2, 0.25) is 5.02 Å². The van der Waals surface area contributed by atoms with Crippen molar-refractivity contribution in [2.45, 2.75) is 4.90 Å². The van der Waals surface area contributed by atoms with Gasteiger partial charge in [-0.3, -0.25) is 4.72 Å². The molecule has 6 nitrogen and oxygen atoms in total. The number of rotatable bonds is 4. The molecule has 0 bridgehead atoms. The molecule has 1 aromatic heterocycles. The highest BCUT2D eigenvalue weighted by Gasteiger charge is 2.25. The van der Waals surface area contributed by atoms with E-state index in [9.17, 15) is 17.6 Å². The van der Waals surface area contributed by atoms with E-state index in [0.29, 0.717) is 0 Å². The standard InChI is InChI=1S/C11H6BrClFNO5S/c12-10-9(4-8(20-10)11(16)17)21(18,19)15-7-3-5(13)1-2-6(7)14/h1-4,15H,(H,16,17). The molecule has 0 fully saturated rings. The van der Waals surface area contributed by atoms with Gasteiger partial charge >= 0.3 is 5.97 Å². The molecule has 112 valence electrons. The molecule has 21 heavy (non-hydrogen) atoms. The molecule has 1 heterocycles. The molecule has 0 spiro atoms. The number of sulfonamides is 1. The van der Waals surface area contributed by atoms with E-state index in [0.717, 1.165) is 18.2 Å². The van der Waals surface area contributed by atoms with Crippen molar-refractivity contribution >= 4 is 49.2 Å². The molecule has 0 aliphatic carbocycles. The summed E-state index contributed by atoms with van der Waals surface area (Å²) in [5.74, 6) is -2.85. The second kappa shape index (κ2) is 5.66. The summed E-state index contributed by atoms with van der Waals surface area (Å²) in [6.45, 7) is 0. The number of benzene rings is 1. The summed E-state index contributed by atoms with van der Waals surface area (Å²) in [7, 11) is -4.25. The van der Waals surface area contributed by atoms with Crippen LogP contribution in [0.15, 0.2) is 38.2 Å². The first-order chi connectivity index (χ1) is 9.70. The maximum atomic E-state index is 13.5. The van der Waals surface area contributed by atoms with E-state index in [-0.39, 0.29) is 15.4 Å². The van der Waals surface area contributed by atoms with Crippen LogP contribution in [-0.2, 0) is 10.0 Å². The number of halogens is 3. The Bertz CT molecular complexity index is 820. The molecular weight excluding hydrogens is 393 g/mol. The van der Waals surface area contributed by atoms with Gasteiger partial charge < -0.3 is 9.52 Å². The Balaban J connectivity index is 2.43. The van der Waals surface area contributed by atoms with E-state index >= 15 is 0 Å². The SMILES string of the molecule is O=C(O)c1cc(S(=O)(=O)Nc2cc(Cl)ccc2F)c(Br)o1. The number of carbonyl (C=O) groups is 1. The normalized spacial score (nSPS) is 11.4. The highest BCUT2D eigenvalue weighted by molar-refractivity contribution is 9.10. The van der Waals surface area contributed by atoms with Gasteiger partial charge in [-0.2, -0.15) is 0 Å². The van der Waals surface area contributed by atoms with Crippen molar-refractivity contribution in [3.8, 4) is 0 Å². The first-order valence-electron chi connectivity index (χ1n) is 5.21. The summed E-state index contributed by atoms with van der Waals surface area (Å²) in [6.07, 6.45) is 0. The predicted molar refractivity (Wildman–Crippen MR) is 75.6 cm³/mol. The summed E-state index contributed by atoms with van der Waals surface area (Å²) in [5.41, 5.74) is -0.368. The van der Waals surface area contributed by atoms with Crippen molar-refractivity contribution in [1.29, 1.82) is 0 Å². The van der Waals surface area contributed by atoms with E-state index in [1.54, 1.807) is 0 Å². The van der Waals surface area contributed by atoms with Gasteiger partial charge in [-0.1, -0.05) is 11.6 Å². The second-order valence-electron chi connectivity index (χ2n) is 3.78. The summed E-state index contributed by atoms with van der Waals surface area (Å²) in [6, 6.07) is 4.13. The Labute approximate surface area is 131 Å². The highest BCUT2D eigenvalue weighted by Crippen LogP contribution is 2.29. The number of aromatic carboxylic acids is 1. The minimum absolute atomic E-state index is 0.131. The molecule has 2 N–H and O–H groups in total. The van der Waals surface area contributed by atoms with Gasteiger partial charge in [-0.25, -0.2) is 17.6 Å². The van der Waals surface area contributed by atoms with Crippen LogP contribution in [0.5, 0.6) is 0 Å². The summed E-state index contributed by atoms with van der Waals surface area (Å²) in [4.78, 5) is 10.3. The van der Waals surface area contributed by atoms with E-state index < -0.39 is 32.5 Å². The second-order valence-corrected chi connectivity index (χ2v) is 6.59. The zero-order chi connectivity index (χ0) is 15.8. The first-order valence-corrected chi connectivity index (χ1v) is 7.86. The topological polar surface area (TPSA) is 96.6 Å². The third kappa shape index (κ3) is 3.36. The molecule has 0 saturated heterocycles. The lowest BCUT2D eigenvalue weighted by atomic mass is 10.3. The van der Waals surface area contributed by atoms with Gasteiger partial charge in [0.2, 0.25) is 5.76 Å². The van der Waals surface area contributed by atoms with Crippen LogP contribution in [-0.4, -0.2) is 19.5 Å². The number of carboxylic acids is 1. The molecule has 10 heteroatoms. The third-order valence-corrected chi connectivity index (χ3v) is 4.79. The molecule has 0 radical (unpaired) electrons. The molecule has 1 aromatic carbocycles. The number of nitrogens with one attached hydrogen (secondary N) is 1. The Hall–Kier alpha value is -1.58. The van der Waals surface area contributed by atoms with E-state index in [1.165, 1.54) is 6.07 Å². The van der Waals surface area contributed by atoms with Crippen LogP contribution in [0.4, 0.5) is 10.1 Å². The van der Waals surface area contributed by atoms with Gasteiger partial charge in [0.05, 0.1) is 5.69 Å². The Morgan fingerprint density at radius 1 is 1.38 bits per heavy atom. The Morgan fingerprint density at radius 2 is 2.05 bits per heavy atom. The quantitative estimate of drug-likeness (QED) is 0.823. The van der Waals surface area contributed by atoms with Gasteiger partial charge in [0.25, 0.3) is 10.0 Å². The molecule has 0 atom stereocenters. The minimum atomic E-state index is -4.25. The number of furan rings is 1. The molecule has 0 amide bonds. The van der Waals surface area contributed by atoms with Crippen LogP contribution in [0, 0.1) is 5.82 Å². The van der Waals surface area contributed by atoms with Crippen LogP contribution in [0.1, 0.15) is 10.6 Å². The van der Waals surface area contributed by atoms with Crippen LogP contribution in [0.25, 0.3) is 0 Å². The number of anilines is 1. The van der Waals surface area contributed by atoms with Crippen molar-refractivity contribution in [2.75, 3.05) is 4.72 Å². The lowest BCUT2D eigenvalue weighted by Gasteiger charge is -2.07. The van der Waals surface area contributed by atoms with Crippen molar-refractivity contribution in [3.05, 3.63) is 45.5 Å². The van der Waals surface area contributed by atoms with Gasteiger partial charge in [0, 0.05) is 11.1 Å². The molecule has 0 aliphatic rings. The van der Waals surface area contributed by atoms with E-state index in [2.05, 4.69) is 15.9 Å². The van der Waals surface area contributed by atoms with E-state index in [1.807, 2.05) is 4.72 Å². The highest BCUT2D eigenvalue weighted by atomic mass is 79.9. The van der Waals surface area contributed by atoms with Gasteiger partial charge in [0.15, 0.2) is 4.67 Å². The number of carboxylic acid groups (broad SMARTS) is 1. The predicted octanol–water partition coefficient (Wildman–Crippen LogP) is 3.33. The molecular formula is C11H6BrClFNO5S. The van der Waals surface area contributed by atoms with Gasteiger partial charge in [-0.15, -0.1) is 0 Å². The summed E-state index contributed by atoms with van der Waals surface area (Å²) >= 11 is 8.46. The van der Waals surface area contributed by atoms with E-state index in [4.69, 9.17) is 21.1 Å². The van der Waals surface area contributed by atoms with Crippen molar-refractivity contribution in [2.24, 2.45) is 0 Å². The fourth-order valence-electron chi connectivity index (χ4n) is 1.42. The molecule has 0 saturated carbocycles. The van der Waals surface area contributed by atoms with Gasteiger partial charge in [-0.05, 0) is 34.1 Å². The summed E-state index contributed by atoms with van der Waals surface area (Å²) < 4.78 is 44.2. The van der Waals surface area contributed by atoms with Crippen molar-refractivity contribution in [3.63, 3.8) is 0 Å². The average Bonchev–Trinajstić information content (AvgIpc) is 2.77. The zero-order valence-corrected chi connectivity index (χ0v) is 13.1. The van der Waals surface area contributed by atoms with Crippen LogP contribution in [0.3, 0.4) is 0 Å². The third-order valence-electron chi connectivity index (χ3n) is 2.33. The zero-order valence-electron chi connectivity index (χ0n) is 9.93. The molecule has 2 aromatic rings. The molecule has 2 rings (SSSR count). The van der Waals surface area contributed by atoms with Crippen molar-refractivity contribution < 1.29 is 27.1 Å². The van der Waals surface area contributed by atoms with Crippen LogP contribution >= 0.6 is 27.5 Å². The minimum Gasteiger partial charge on any atom is -0.475 e. The van der Waals surface area contributed by atoms with Gasteiger partial charge in [0.1, 0.15) is 10.7 Å². The lowest BCUT2D eigenvalue weighted by molar-refractivity contribution is 0.0661. The Kier molecular flexibility index (Phi) is 4.26. The fourth-order valence-corrected chi connectivity index (χ4v) is 3.59. The molecule has 0 unspecified atom stereocenters. The maximum Gasteiger partial charge on any atom is 0.371 e. The number of hydrogen-bond acceptors (Lipinski definition) is 4. The average molecular weight is 399 g/mol. The first kappa shape index (κ1) is 15.8. The maximum absolute atomic E-state index is 13.5. The fraction of sp³-hybridized carbons (Fsp3) is 0. The number of hydrogen-bond donors (Lipinski definition) is 2. The monoisotopic (exact) mass is 397 g/mol. The van der Waals surface area contributed by atoms with Crippen molar-refractivity contribution in [1.82, 2.24) is 0 Å². The summed E-state index contributed by atoms with van der Waals surface area (Å²) in [5, 5.41) is 8.88. The smallest absolute Gasteiger partial charge is 0.371 e. The lowest BCUT2D eigenvalue weighted by Crippen LogP contribution is -2.13.